The number of pyridine rings is 1. The monoisotopic (exact) mass is 419 g/mol. The van der Waals surface area contributed by atoms with Gasteiger partial charge in [0.05, 0.1) is 34.5 Å². The second-order valence-corrected chi connectivity index (χ2v) is 8.08. The molecule has 0 N–H and O–H groups in total. The van der Waals surface area contributed by atoms with Gasteiger partial charge in [0.15, 0.2) is 0 Å². The number of amides is 1. The van der Waals surface area contributed by atoms with E-state index < -0.39 is 0 Å². The molecule has 1 aromatic heterocycles. The molecule has 1 aromatic carbocycles. The molecule has 0 spiro atoms. The summed E-state index contributed by atoms with van der Waals surface area (Å²) in [6, 6.07) is 9.35. The Hall–Kier alpha value is -3.02. The molecule has 1 aliphatic carbocycles. The first-order chi connectivity index (χ1) is 14.6. The van der Waals surface area contributed by atoms with Gasteiger partial charge in [0, 0.05) is 24.7 Å². The fourth-order valence-corrected chi connectivity index (χ4v) is 4.36. The molecule has 5 nitrogen and oxygen atoms in total. The van der Waals surface area contributed by atoms with Crippen LogP contribution in [0.3, 0.4) is 0 Å². The molecule has 0 radical (unpaired) electrons. The van der Waals surface area contributed by atoms with Crippen LogP contribution < -0.4 is 4.74 Å². The normalized spacial score (nSPS) is 20.2. The van der Waals surface area contributed by atoms with E-state index in [1.54, 1.807) is 18.2 Å². The molecule has 0 saturated heterocycles. The average molecular weight is 420 g/mol. The van der Waals surface area contributed by atoms with E-state index in [4.69, 9.17) is 21.6 Å². The maximum atomic E-state index is 13.0. The lowest BCUT2D eigenvalue weighted by Gasteiger charge is -2.34. The summed E-state index contributed by atoms with van der Waals surface area (Å²) in [5, 5.41) is 9.39. The highest BCUT2D eigenvalue weighted by atomic mass is 35.5. The number of nitriles is 1. The molecule has 2 heterocycles. The Balaban J connectivity index is 1.36. The van der Waals surface area contributed by atoms with Crippen molar-refractivity contribution in [3.05, 3.63) is 57.9 Å². The second kappa shape index (κ2) is 8.78. The Morgan fingerprint density at radius 2 is 2.07 bits per heavy atom. The van der Waals surface area contributed by atoms with E-state index in [1.165, 1.54) is 0 Å². The van der Waals surface area contributed by atoms with Crippen LogP contribution in [0.25, 0.3) is 0 Å². The van der Waals surface area contributed by atoms with Crippen LogP contribution in [0, 0.1) is 23.2 Å². The zero-order valence-electron chi connectivity index (χ0n) is 16.8. The standard InChI is InChI=1S/C24H22ClN3O2/c1-2-3-4-16-11-21-23(27-14-16)15-28(24(21)29)18-6-9-19(10-7-18)30-20-8-5-17(13-26)22(25)12-20/h5,8,11-12,14,18-19H,4,6-7,9-10,15H2,1H3/t18-,19-. The number of carbonyl (C=O) groups is 1. The minimum absolute atomic E-state index is 0.0760. The van der Waals surface area contributed by atoms with Crippen LogP contribution in [-0.4, -0.2) is 27.9 Å². The summed E-state index contributed by atoms with van der Waals surface area (Å²) in [7, 11) is 0. The minimum atomic E-state index is 0.0760. The number of halogens is 1. The van der Waals surface area contributed by atoms with E-state index in [0.29, 0.717) is 29.3 Å². The smallest absolute Gasteiger partial charge is 0.256 e. The number of rotatable bonds is 4. The van der Waals surface area contributed by atoms with Crippen molar-refractivity contribution >= 4 is 17.5 Å². The van der Waals surface area contributed by atoms with Gasteiger partial charge in [-0.2, -0.15) is 5.26 Å². The Kier molecular flexibility index (Phi) is 5.93. The molecule has 0 bridgehead atoms. The number of benzene rings is 1. The van der Waals surface area contributed by atoms with E-state index in [1.807, 2.05) is 24.1 Å². The van der Waals surface area contributed by atoms with Gasteiger partial charge in [-0.25, -0.2) is 0 Å². The van der Waals surface area contributed by atoms with Crippen LogP contribution >= 0.6 is 11.6 Å². The average Bonchev–Trinajstić information content (AvgIpc) is 3.09. The van der Waals surface area contributed by atoms with Crippen molar-refractivity contribution in [2.45, 2.75) is 57.7 Å². The molecular weight excluding hydrogens is 398 g/mol. The lowest BCUT2D eigenvalue weighted by atomic mass is 9.92. The largest absolute Gasteiger partial charge is 0.490 e. The van der Waals surface area contributed by atoms with Gasteiger partial charge >= 0.3 is 0 Å². The van der Waals surface area contributed by atoms with Crippen LogP contribution in [-0.2, 0) is 13.0 Å². The number of carbonyl (C=O) groups excluding carboxylic acids is 1. The summed E-state index contributed by atoms with van der Waals surface area (Å²) in [6.07, 6.45) is 6.05. The maximum absolute atomic E-state index is 13.0. The summed E-state index contributed by atoms with van der Waals surface area (Å²) < 4.78 is 6.07. The highest BCUT2D eigenvalue weighted by Gasteiger charge is 2.36. The van der Waals surface area contributed by atoms with Crippen LogP contribution in [0.15, 0.2) is 30.5 Å². The first-order valence-corrected chi connectivity index (χ1v) is 10.5. The zero-order valence-corrected chi connectivity index (χ0v) is 17.6. The lowest BCUT2D eigenvalue weighted by Crippen LogP contribution is -2.40. The number of aromatic nitrogens is 1. The molecule has 2 aliphatic rings. The predicted molar refractivity (Wildman–Crippen MR) is 114 cm³/mol. The molecule has 0 atom stereocenters. The Morgan fingerprint density at radius 1 is 1.27 bits per heavy atom. The van der Waals surface area contributed by atoms with E-state index in [9.17, 15) is 4.79 Å². The maximum Gasteiger partial charge on any atom is 0.256 e. The Bertz CT molecular complexity index is 1070. The molecule has 1 saturated carbocycles. The third kappa shape index (κ3) is 4.13. The van der Waals surface area contributed by atoms with Gasteiger partial charge in [0.25, 0.3) is 5.91 Å². The fourth-order valence-electron chi connectivity index (χ4n) is 4.14. The number of hydrogen-bond acceptors (Lipinski definition) is 4. The van der Waals surface area contributed by atoms with Crippen molar-refractivity contribution in [2.75, 3.05) is 0 Å². The van der Waals surface area contributed by atoms with Gasteiger partial charge in [0.2, 0.25) is 0 Å². The quantitative estimate of drug-likeness (QED) is 0.683. The predicted octanol–water partition coefficient (Wildman–Crippen LogP) is 4.52. The molecule has 1 fully saturated rings. The number of fused-ring (bicyclic) bond motifs is 1. The van der Waals surface area contributed by atoms with Crippen LogP contribution in [0.2, 0.25) is 5.02 Å². The third-order valence-electron chi connectivity index (χ3n) is 5.76. The molecule has 6 heteroatoms. The molecule has 1 amide bonds. The van der Waals surface area contributed by atoms with Gasteiger partial charge in [-0.1, -0.05) is 17.5 Å². The van der Waals surface area contributed by atoms with E-state index in [0.717, 1.165) is 42.5 Å². The summed E-state index contributed by atoms with van der Waals surface area (Å²) in [5.74, 6) is 6.66. The van der Waals surface area contributed by atoms with Crippen molar-refractivity contribution < 1.29 is 9.53 Å². The van der Waals surface area contributed by atoms with Crippen molar-refractivity contribution in [2.24, 2.45) is 0 Å². The van der Waals surface area contributed by atoms with Crippen LogP contribution in [0.4, 0.5) is 0 Å². The molecule has 1 aliphatic heterocycles. The zero-order chi connectivity index (χ0) is 21.1. The first-order valence-electron chi connectivity index (χ1n) is 10.1. The SMILES string of the molecule is CC#CCc1cnc2c(c1)C(=O)N([C@H]1CC[C@H](Oc3ccc(C#N)c(Cl)c3)CC1)C2. The third-order valence-corrected chi connectivity index (χ3v) is 6.07. The van der Waals surface area contributed by atoms with E-state index in [-0.39, 0.29) is 18.1 Å². The summed E-state index contributed by atoms with van der Waals surface area (Å²) in [6.45, 7) is 2.39. The highest BCUT2D eigenvalue weighted by Crippen LogP contribution is 2.33. The molecule has 4 rings (SSSR count). The van der Waals surface area contributed by atoms with Crippen molar-refractivity contribution in [3.8, 4) is 23.7 Å². The summed E-state index contributed by atoms with van der Waals surface area (Å²) >= 11 is 6.10. The van der Waals surface area contributed by atoms with E-state index >= 15 is 0 Å². The van der Waals surface area contributed by atoms with Crippen molar-refractivity contribution in [3.63, 3.8) is 0 Å². The second-order valence-electron chi connectivity index (χ2n) is 7.68. The Morgan fingerprint density at radius 3 is 2.77 bits per heavy atom. The van der Waals surface area contributed by atoms with Gasteiger partial charge in [-0.05, 0) is 56.4 Å². The van der Waals surface area contributed by atoms with Gasteiger partial charge in [-0.15, -0.1) is 5.92 Å². The molecule has 30 heavy (non-hydrogen) atoms. The van der Waals surface area contributed by atoms with Crippen LogP contribution in [0.1, 0.15) is 59.8 Å². The van der Waals surface area contributed by atoms with Crippen LogP contribution in [0.5, 0.6) is 5.75 Å². The fraction of sp³-hybridized carbons (Fsp3) is 0.375. The topological polar surface area (TPSA) is 66.2 Å². The van der Waals surface area contributed by atoms with Crippen molar-refractivity contribution in [1.29, 1.82) is 5.26 Å². The number of hydrogen-bond donors (Lipinski definition) is 0. The van der Waals surface area contributed by atoms with E-state index in [2.05, 4.69) is 22.9 Å². The van der Waals surface area contributed by atoms with Gasteiger partial charge in [0.1, 0.15) is 11.8 Å². The number of nitrogens with zero attached hydrogens (tertiary/aromatic N) is 3. The lowest BCUT2D eigenvalue weighted by molar-refractivity contribution is 0.0560. The highest BCUT2D eigenvalue weighted by molar-refractivity contribution is 6.31. The summed E-state index contributed by atoms with van der Waals surface area (Å²) in [5.41, 5.74) is 3.00. The minimum Gasteiger partial charge on any atom is -0.490 e. The molecule has 2 aromatic rings. The van der Waals surface area contributed by atoms with Crippen molar-refractivity contribution in [1.82, 2.24) is 9.88 Å². The molecule has 0 unspecified atom stereocenters. The first kappa shape index (κ1) is 20.3. The van der Waals surface area contributed by atoms with Gasteiger partial charge < -0.3 is 9.64 Å². The molecular formula is C24H22ClN3O2. The molecule has 152 valence electrons. The Labute approximate surface area is 181 Å². The summed E-state index contributed by atoms with van der Waals surface area (Å²) in [4.78, 5) is 19.4. The number of ether oxygens (including phenoxy) is 1. The van der Waals surface area contributed by atoms with Gasteiger partial charge in [-0.3, -0.25) is 9.78 Å².